The van der Waals surface area contributed by atoms with Gasteiger partial charge in [0.1, 0.15) is 5.15 Å². The fourth-order valence-electron chi connectivity index (χ4n) is 2.21. The zero-order valence-corrected chi connectivity index (χ0v) is 15.3. The third kappa shape index (κ3) is 3.64. The Bertz CT molecular complexity index is 660. The highest BCUT2D eigenvalue weighted by Gasteiger charge is 2.52. The number of pyridine rings is 1. The van der Waals surface area contributed by atoms with Crippen LogP contribution >= 0.6 is 11.6 Å². The van der Waals surface area contributed by atoms with Crippen LogP contribution in [0, 0.1) is 0 Å². The van der Waals surface area contributed by atoms with Gasteiger partial charge in [0.15, 0.2) is 0 Å². The predicted octanol–water partition coefficient (Wildman–Crippen LogP) is 2.50. The van der Waals surface area contributed by atoms with Gasteiger partial charge >= 0.3 is 13.1 Å². The first kappa shape index (κ1) is 18.9. The van der Waals surface area contributed by atoms with E-state index in [4.69, 9.17) is 31.4 Å². The van der Waals surface area contributed by atoms with Gasteiger partial charge in [-0.2, -0.15) is 0 Å². The molecular formula is C16H22BClN2O4. The van der Waals surface area contributed by atoms with E-state index < -0.39 is 24.3 Å². The molecule has 2 rings (SSSR count). The van der Waals surface area contributed by atoms with Crippen molar-refractivity contribution < 1.29 is 18.8 Å². The Morgan fingerprint density at radius 2 is 1.96 bits per heavy atom. The van der Waals surface area contributed by atoms with Crippen molar-refractivity contribution in [2.24, 2.45) is 5.73 Å². The van der Waals surface area contributed by atoms with Crippen LogP contribution in [-0.4, -0.2) is 42.9 Å². The molecule has 1 aromatic rings. The first-order valence-electron chi connectivity index (χ1n) is 7.61. The van der Waals surface area contributed by atoms with E-state index in [0.29, 0.717) is 16.6 Å². The molecule has 0 radical (unpaired) electrons. The van der Waals surface area contributed by atoms with Crippen molar-refractivity contribution in [2.75, 3.05) is 13.7 Å². The van der Waals surface area contributed by atoms with Gasteiger partial charge in [-0.3, -0.25) is 0 Å². The molecule has 24 heavy (non-hydrogen) atoms. The number of nitrogens with two attached hydrogens (primary N) is 1. The minimum absolute atomic E-state index is 0.218. The summed E-state index contributed by atoms with van der Waals surface area (Å²) < 4.78 is 16.7. The Hall–Kier alpha value is -1.41. The van der Waals surface area contributed by atoms with Crippen molar-refractivity contribution in [1.82, 2.24) is 4.98 Å². The van der Waals surface area contributed by atoms with Crippen LogP contribution in [0.5, 0.6) is 0 Å². The van der Waals surface area contributed by atoms with Crippen molar-refractivity contribution in [1.29, 1.82) is 0 Å². The number of halogens is 1. The Balaban J connectivity index is 2.37. The second-order valence-electron chi connectivity index (χ2n) is 6.61. The van der Waals surface area contributed by atoms with E-state index >= 15 is 0 Å². The SMILES string of the molecule is COC(=O)c1cnc(Cl)c(C=C(CN)B2OC(C)(C)C(C)(C)O2)c1. The number of esters is 1. The summed E-state index contributed by atoms with van der Waals surface area (Å²) in [5.74, 6) is -0.487. The zero-order chi connectivity index (χ0) is 18.1. The number of carbonyl (C=O) groups excluding carboxylic acids is 1. The van der Waals surface area contributed by atoms with Crippen molar-refractivity contribution in [3.63, 3.8) is 0 Å². The van der Waals surface area contributed by atoms with E-state index in [1.165, 1.54) is 13.3 Å². The lowest BCUT2D eigenvalue weighted by atomic mass is 9.77. The third-order valence-electron chi connectivity index (χ3n) is 4.42. The molecule has 6 nitrogen and oxygen atoms in total. The topological polar surface area (TPSA) is 83.7 Å². The Morgan fingerprint density at radius 3 is 2.46 bits per heavy atom. The summed E-state index contributed by atoms with van der Waals surface area (Å²) in [6.45, 7) is 8.08. The zero-order valence-electron chi connectivity index (χ0n) is 14.6. The molecular weight excluding hydrogens is 330 g/mol. The monoisotopic (exact) mass is 352 g/mol. The molecule has 0 unspecified atom stereocenters. The smallest absolute Gasteiger partial charge is 0.465 e. The molecule has 1 fully saturated rings. The van der Waals surface area contributed by atoms with E-state index in [9.17, 15) is 4.79 Å². The third-order valence-corrected chi connectivity index (χ3v) is 4.74. The first-order valence-corrected chi connectivity index (χ1v) is 7.99. The summed E-state index contributed by atoms with van der Waals surface area (Å²) in [4.78, 5) is 15.7. The van der Waals surface area contributed by atoms with E-state index in [2.05, 4.69) is 4.98 Å². The lowest BCUT2D eigenvalue weighted by Crippen LogP contribution is -2.41. The number of rotatable bonds is 4. The van der Waals surface area contributed by atoms with Gasteiger partial charge in [-0.15, -0.1) is 0 Å². The van der Waals surface area contributed by atoms with Gasteiger partial charge in [-0.1, -0.05) is 17.7 Å². The fourth-order valence-corrected chi connectivity index (χ4v) is 2.37. The molecule has 0 aromatic carbocycles. The summed E-state index contributed by atoms with van der Waals surface area (Å²) in [6, 6.07) is 1.60. The van der Waals surface area contributed by atoms with Crippen molar-refractivity contribution in [3.8, 4) is 0 Å². The van der Waals surface area contributed by atoms with Gasteiger partial charge in [0.05, 0.1) is 23.9 Å². The van der Waals surface area contributed by atoms with Crippen LogP contribution < -0.4 is 5.73 Å². The molecule has 0 atom stereocenters. The minimum Gasteiger partial charge on any atom is -0.465 e. The molecule has 1 saturated heterocycles. The number of ether oxygens (including phenoxy) is 1. The highest BCUT2D eigenvalue weighted by molar-refractivity contribution is 6.56. The van der Waals surface area contributed by atoms with Crippen LogP contribution in [0.1, 0.15) is 43.6 Å². The Labute approximate surface area is 147 Å². The van der Waals surface area contributed by atoms with Gasteiger partial charge in [-0.05, 0) is 39.2 Å². The molecule has 1 aliphatic heterocycles. The summed E-state index contributed by atoms with van der Waals surface area (Å²) in [7, 11) is 0.722. The summed E-state index contributed by atoms with van der Waals surface area (Å²) in [5.41, 5.74) is 6.49. The molecule has 1 aliphatic rings. The molecule has 2 heterocycles. The van der Waals surface area contributed by atoms with Crippen molar-refractivity contribution >= 4 is 30.8 Å². The van der Waals surface area contributed by atoms with Crippen LogP contribution in [0.2, 0.25) is 5.15 Å². The number of aromatic nitrogens is 1. The quantitative estimate of drug-likeness (QED) is 0.509. The molecule has 2 N–H and O–H groups in total. The highest BCUT2D eigenvalue weighted by atomic mass is 35.5. The van der Waals surface area contributed by atoms with E-state index in [1.54, 1.807) is 12.1 Å². The average Bonchev–Trinajstić information content (AvgIpc) is 2.73. The molecule has 0 aliphatic carbocycles. The summed E-state index contributed by atoms with van der Waals surface area (Å²) in [5, 5.41) is 0.255. The van der Waals surface area contributed by atoms with Crippen molar-refractivity contribution in [2.45, 2.75) is 38.9 Å². The fraction of sp³-hybridized carbons (Fsp3) is 0.500. The van der Waals surface area contributed by atoms with E-state index in [-0.39, 0.29) is 11.7 Å². The number of methoxy groups -OCH3 is 1. The maximum atomic E-state index is 11.7. The van der Waals surface area contributed by atoms with Gasteiger partial charge in [0.2, 0.25) is 0 Å². The van der Waals surface area contributed by atoms with Gasteiger partial charge in [0.25, 0.3) is 0 Å². The van der Waals surface area contributed by atoms with Crippen LogP contribution in [0.25, 0.3) is 6.08 Å². The Morgan fingerprint density at radius 1 is 1.38 bits per heavy atom. The number of hydrogen-bond donors (Lipinski definition) is 1. The maximum absolute atomic E-state index is 11.7. The summed E-state index contributed by atoms with van der Waals surface area (Å²) >= 11 is 6.13. The van der Waals surface area contributed by atoms with Gasteiger partial charge in [-0.25, -0.2) is 9.78 Å². The maximum Gasteiger partial charge on any atom is 0.491 e. The highest BCUT2D eigenvalue weighted by Crippen LogP contribution is 2.38. The van der Waals surface area contributed by atoms with Crippen LogP contribution in [0.3, 0.4) is 0 Å². The molecule has 0 bridgehead atoms. The van der Waals surface area contributed by atoms with Crippen molar-refractivity contribution in [3.05, 3.63) is 34.0 Å². The second-order valence-corrected chi connectivity index (χ2v) is 6.97. The lowest BCUT2D eigenvalue weighted by Gasteiger charge is -2.32. The average molecular weight is 353 g/mol. The van der Waals surface area contributed by atoms with E-state index in [1.807, 2.05) is 27.7 Å². The standard InChI is InChI=1S/C16H22BClN2O4/c1-15(2)16(3,4)24-17(23-15)12(8-19)7-10-6-11(14(21)22-5)9-20-13(10)18/h6-7,9H,8,19H2,1-5H3. The Kier molecular flexibility index (Phi) is 5.39. The largest absolute Gasteiger partial charge is 0.491 e. The van der Waals surface area contributed by atoms with Crippen LogP contribution in [0.4, 0.5) is 0 Å². The number of hydrogen-bond acceptors (Lipinski definition) is 6. The van der Waals surface area contributed by atoms with Crippen LogP contribution in [0.15, 0.2) is 17.7 Å². The number of nitrogens with zero attached hydrogens (tertiary/aromatic N) is 1. The normalized spacial score (nSPS) is 19.5. The predicted molar refractivity (Wildman–Crippen MR) is 93.7 cm³/mol. The summed E-state index contributed by atoms with van der Waals surface area (Å²) in [6.07, 6.45) is 3.10. The van der Waals surface area contributed by atoms with Crippen LogP contribution in [-0.2, 0) is 14.0 Å². The second kappa shape index (κ2) is 6.84. The van der Waals surface area contributed by atoms with E-state index in [0.717, 1.165) is 0 Å². The molecule has 0 spiro atoms. The molecule has 1 aromatic heterocycles. The lowest BCUT2D eigenvalue weighted by molar-refractivity contribution is 0.00578. The first-order chi connectivity index (χ1) is 11.1. The molecule has 0 saturated carbocycles. The van der Waals surface area contributed by atoms with Gasteiger partial charge < -0.3 is 19.8 Å². The molecule has 130 valence electrons. The molecule has 0 amide bonds. The molecule has 8 heteroatoms. The minimum atomic E-state index is -0.585. The van der Waals surface area contributed by atoms with Gasteiger partial charge in [0, 0.05) is 18.3 Å². The number of carbonyl (C=O) groups is 1.